The van der Waals surface area contributed by atoms with Gasteiger partial charge in [-0.25, -0.2) is 13.6 Å². The van der Waals surface area contributed by atoms with Crippen molar-refractivity contribution in [2.75, 3.05) is 0 Å². The average Bonchev–Trinajstić information content (AvgIpc) is 2.79. The second kappa shape index (κ2) is 3.52. The molecule has 9 heteroatoms. The van der Waals surface area contributed by atoms with Gasteiger partial charge in [0.2, 0.25) is 14.9 Å². The normalized spacial score (nSPS) is 16.3. The number of nitrogens with zero attached hydrogens (tertiary/aromatic N) is 3. The van der Waals surface area contributed by atoms with Gasteiger partial charge in [-0.1, -0.05) is 0 Å². The molecule has 16 heavy (non-hydrogen) atoms. The van der Waals surface area contributed by atoms with E-state index in [1.165, 1.54) is 4.68 Å². The van der Waals surface area contributed by atoms with E-state index in [-0.39, 0.29) is 0 Å². The monoisotopic (exact) mass is 246 g/mol. The van der Waals surface area contributed by atoms with E-state index >= 15 is 0 Å². The molecule has 0 unspecified atom stereocenters. The van der Waals surface area contributed by atoms with Crippen LogP contribution in [0.2, 0.25) is 0 Å². The summed E-state index contributed by atoms with van der Waals surface area (Å²) in [4.78, 5) is 9.22. The van der Waals surface area contributed by atoms with E-state index in [9.17, 15) is 18.5 Å². The highest BCUT2D eigenvalue weighted by Crippen LogP contribution is 2.31. The van der Waals surface area contributed by atoms with Crippen LogP contribution < -0.4 is 5.14 Å². The first-order valence-corrected chi connectivity index (χ1v) is 6.17. The van der Waals surface area contributed by atoms with Gasteiger partial charge in [-0.15, -0.1) is 0 Å². The van der Waals surface area contributed by atoms with Crippen LogP contribution in [0.15, 0.2) is 11.1 Å². The molecule has 2 N–H and O–H groups in total. The first kappa shape index (κ1) is 11.0. The van der Waals surface area contributed by atoms with Crippen LogP contribution in [0.1, 0.15) is 12.8 Å². The van der Waals surface area contributed by atoms with Gasteiger partial charge in [0.05, 0.1) is 17.8 Å². The molecule has 0 saturated heterocycles. The lowest BCUT2D eigenvalue weighted by atomic mass is 10.4. The SMILES string of the molecule is NS(=O)(=O)c1cn(CC2CC2)nc1[N+](=O)[O-]. The molecule has 0 spiro atoms. The van der Waals surface area contributed by atoms with Crippen LogP contribution in [0.3, 0.4) is 0 Å². The molecule has 1 saturated carbocycles. The number of nitrogens with two attached hydrogens (primary N) is 1. The maximum atomic E-state index is 11.1. The van der Waals surface area contributed by atoms with Gasteiger partial charge in [0.25, 0.3) is 0 Å². The number of aromatic nitrogens is 2. The Labute approximate surface area is 91.2 Å². The average molecular weight is 246 g/mol. The Balaban J connectivity index is 2.40. The van der Waals surface area contributed by atoms with Gasteiger partial charge in [-0.05, 0) is 23.7 Å². The van der Waals surface area contributed by atoms with Crippen molar-refractivity contribution in [1.29, 1.82) is 0 Å². The lowest BCUT2D eigenvalue weighted by molar-refractivity contribution is -0.392. The molecule has 1 heterocycles. The van der Waals surface area contributed by atoms with E-state index in [2.05, 4.69) is 5.10 Å². The topological polar surface area (TPSA) is 121 Å². The molecular formula is C7H10N4O4S. The van der Waals surface area contributed by atoms with Crippen LogP contribution in [0.25, 0.3) is 0 Å². The minimum absolute atomic E-state index is 0.438. The summed E-state index contributed by atoms with van der Waals surface area (Å²) in [5.74, 6) is -0.268. The molecule has 0 aliphatic heterocycles. The van der Waals surface area contributed by atoms with Crippen molar-refractivity contribution in [3.05, 3.63) is 16.3 Å². The van der Waals surface area contributed by atoms with Gasteiger partial charge in [0, 0.05) is 0 Å². The highest BCUT2D eigenvalue weighted by atomic mass is 32.2. The van der Waals surface area contributed by atoms with E-state index in [0.717, 1.165) is 19.0 Å². The molecular weight excluding hydrogens is 236 g/mol. The lowest BCUT2D eigenvalue weighted by Crippen LogP contribution is -2.13. The molecule has 0 atom stereocenters. The molecule has 1 aliphatic rings. The second-order valence-electron chi connectivity index (χ2n) is 3.78. The minimum atomic E-state index is -4.10. The number of rotatable bonds is 4. The third-order valence-electron chi connectivity index (χ3n) is 2.33. The van der Waals surface area contributed by atoms with E-state index < -0.39 is 25.7 Å². The van der Waals surface area contributed by atoms with Crippen LogP contribution in [-0.4, -0.2) is 23.1 Å². The van der Waals surface area contributed by atoms with Crippen LogP contribution in [0, 0.1) is 16.0 Å². The van der Waals surface area contributed by atoms with E-state index in [4.69, 9.17) is 5.14 Å². The third kappa shape index (κ3) is 2.19. The fourth-order valence-electron chi connectivity index (χ4n) is 1.38. The van der Waals surface area contributed by atoms with Crippen LogP contribution in [0.4, 0.5) is 5.82 Å². The number of nitro groups is 1. The molecule has 1 aliphatic carbocycles. The predicted molar refractivity (Wildman–Crippen MR) is 53.0 cm³/mol. The van der Waals surface area contributed by atoms with E-state index in [1.807, 2.05) is 0 Å². The first-order valence-electron chi connectivity index (χ1n) is 4.62. The van der Waals surface area contributed by atoms with Gasteiger partial charge in [0.15, 0.2) is 0 Å². The predicted octanol–water partition coefficient (Wildman–Crippen LogP) is -0.151. The third-order valence-corrected chi connectivity index (χ3v) is 3.23. The Morgan fingerprint density at radius 1 is 1.62 bits per heavy atom. The molecule has 1 aromatic rings. The number of sulfonamides is 1. The first-order chi connectivity index (χ1) is 7.38. The quantitative estimate of drug-likeness (QED) is 0.584. The van der Waals surface area contributed by atoms with Gasteiger partial charge < -0.3 is 10.1 Å². The standard InChI is InChI=1S/C7H10N4O4S/c8-16(14,15)6-4-10(3-5-1-2-5)9-7(6)11(12)13/h4-5H,1-3H2,(H2,8,14,15). The number of hydrogen-bond donors (Lipinski definition) is 1. The highest BCUT2D eigenvalue weighted by molar-refractivity contribution is 7.89. The smallest absolute Gasteiger partial charge is 0.358 e. The summed E-state index contributed by atoms with van der Waals surface area (Å²) in [6.07, 6.45) is 3.20. The van der Waals surface area contributed by atoms with Crippen molar-refractivity contribution in [2.24, 2.45) is 11.1 Å². The maximum Gasteiger partial charge on any atom is 0.410 e. The summed E-state index contributed by atoms with van der Waals surface area (Å²) in [6.45, 7) is 0.496. The lowest BCUT2D eigenvalue weighted by Gasteiger charge is -1.91. The molecule has 0 amide bonds. The summed E-state index contributed by atoms with van der Waals surface area (Å²) in [5, 5.41) is 19.1. The zero-order valence-electron chi connectivity index (χ0n) is 8.24. The van der Waals surface area contributed by atoms with Gasteiger partial charge in [0.1, 0.15) is 0 Å². The largest absolute Gasteiger partial charge is 0.410 e. The maximum absolute atomic E-state index is 11.1. The Kier molecular flexibility index (Phi) is 2.43. The summed E-state index contributed by atoms with van der Waals surface area (Å²) in [5.41, 5.74) is 0. The summed E-state index contributed by atoms with van der Waals surface area (Å²) in [7, 11) is -4.10. The van der Waals surface area contributed by atoms with Crippen molar-refractivity contribution < 1.29 is 13.3 Å². The Morgan fingerprint density at radius 3 is 2.62 bits per heavy atom. The van der Waals surface area contributed by atoms with Crippen molar-refractivity contribution in [3.8, 4) is 0 Å². The number of primary sulfonamides is 1. The van der Waals surface area contributed by atoms with Crippen molar-refractivity contribution in [3.63, 3.8) is 0 Å². The summed E-state index contributed by atoms with van der Waals surface area (Å²) >= 11 is 0. The zero-order chi connectivity index (χ0) is 11.9. The van der Waals surface area contributed by atoms with Crippen molar-refractivity contribution >= 4 is 15.8 Å². The van der Waals surface area contributed by atoms with Crippen LogP contribution in [0.5, 0.6) is 0 Å². The molecule has 88 valence electrons. The molecule has 0 aromatic carbocycles. The number of hydrogen-bond acceptors (Lipinski definition) is 5. The van der Waals surface area contributed by atoms with Crippen molar-refractivity contribution in [1.82, 2.24) is 9.78 Å². The molecule has 0 bridgehead atoms. The fraction of sp³-hybridized carbons (Fsp3) is 0.571. The molecule has 1 fully saturated rings. The molecule has 0 radical (unpaired) electrons. The summed E-state index contributed by atoms with van der Waals surface area (Å²) < 4.78 is 23.5. The zero-order valence-corrected chi connectivity index (χ0v) is 9.05. The second-order valence-corrected chi connectivity index (χ2v) is 5.31. The Bertz CT molecular complexity index is 531. The summed E-state index contributed by atoms with van der Waals surface area (Å²) in [6, 6.07) is 0. The van der Waals surface area contributed by atoms with E-state index in [1.54, 1.807) is 0 Å². The minimum Gasteiger partial charge on any atom is -0.358 e. The van der Waals surface area contributed by atoms with Gasteiger partial charge >= 0.3 is 5.82 Å². The fourth-order valence-corrected chi connectivity index (χ4v) is 2.02. The van der Waals surface area contributed by atoms with Crippen LogP contribution in [-0.2, 0) is 16.6 Å². The van der Waals surface area contributed by atoms with Crippen LogP contribution >= 0.6 is 0 Å². The Morgan fingerprint density at radius 2 is 2.25 bits per heavy atom. The van der Waals surface area contributed by atoms with Crippen molar-refractivity contribution in [2.45, 2.75) is 24.3 Å². The van der Waals surface area contributed by atoms with Gasteiger partial charge in [-0.3, -0.25) is 0 Å². The Hall–Kier alpha value is -1.48. The molecule has 2 rings (SSSR count). The highest BCUT2D eigenvalue weighted by Gasteiger charge is 2.31. The van der Waals surface area contributed by atoms with Gasteiger partial charge in [-0.2, -0.15) is 4.68 Å². The molecule has 8 nitrogen and oxygen atoms in total. The van der Waals surface area contributed by atoms with E-state index in [0.29, 0.717) is 12.5 Å². The molecule has 1 aromatic heterocycles.